The normalized spacial score (nSPS) is 16.0. The van der Waals surface area contributed by atoms with Crippen molar-refractivity contribution in [3.8, 4) is 5.75 Å². The smallest absolute Gasteiger partial charge is 0.338 e. The molecule has 0 saturated heterocycles. The molecule has 0 spiro atoms. The Kier molecular flexibility index (Phi) is 5.88. The van der Waals surface area contributed by atoms with Gasteiger partial charge in [0.25, 0.3) is 5.56 Å². The Morgan fingerprint density at radius 1 is 1.28 bits per heavy atom. The Morgan fingerprint density at radius 2 is 2.03 bits per heavy atom. The standard InChI is InChI=1S/C24H25N3O4S/c1-6-31-23(29)20-15(4)26-24-27(21(20)17-9-7-8-10-18(17)30-5)22(28)19(32-24)12-16-11-13(2)25-14(16)3/h7-12,21,25H,6H2,1-5H3/t21-/m0/s1. The Balaban J connectivity index is 2.01. The molecule has 8 heteroatoms. The van der Waals surface area contributed by atoms with Gasteiger partial charge in [0, 0.05) is 17.0 Å². The molecule has 0 bridgehead atoms. The summed E-state index contributed by atoms with van der Waals surface area (Å²) >= 11 is 1.30. The molecule has 0 amide bonds. The zero-order valence-corrected chi connectivity index (χ0v) is 19.5. The van der Waals surface area contributed by atoms with Crippen LogP contribution in [0.3, 0.4) is 0 Å². The van der Waals surface area contributed by atoms with Gasteiger partial charge in [-0.1, -0.05) is 29.5 Å². The second-order valence-corrected chi connectivity index (χ2v) is 8.59. The molecule has 1 aliphatic rings. The lowest BCUT2D eigenvalue weighted by atomic mass is 9.95. The topological polar surface area (TPSA) is 85.7 Å². The largest absolute Gasteiger partial charge is 0.496 e. The van der Waals surface area contributed by atoms with Gasteiger partial charge in [-0.3, -0.25) is 9.36 Å². The van der Waals surface area contributed by atoms with Gasteiger partial charge in [0.1, 0.15) is 11.8 Å². The van der Waals surface area contributed by atoms with Gasteiger partial charge in [0.05, 0.1) is 29.5 Å². The lowest BCUT2D eigenvalue weighted by molar-refractivity contribution is -0.139. The van der Waals surface area contributed by atoms with E-state index < -0.39 is 12.0 Å². The molecule has 1 aromatic carbocycles. The minimum atomic E-state index is -0.697. The summed E-state index contributed by atoms with van der Waals surface area (Å²) in [5, 5.41) is 0. The Morgan fingerprint density at radius 3 is 2.69 bits per heavy atom. The van der Waals surface area contributed by atoms with Gasteiger partial charge in [0.2, 0.25) is 0 Å². The molecule has 0 radical (unpaired) electrons. The van der Waals surface area contributed by atoms with Crippen molar-refractivity contribution >= 4 is 23.4 Å². The molecule has 2 aromatic heterocycles. The third-order valence-corrected chi connectivity index (χ3v) is 6.41. The number of aromatic amines is 1. The van der Waals surface area contributed by atoms with Crippen molar-refractivity contribution in [1.29, 1.82) is 0 Å². The first-order valence-electron chi connectivity index (χ1n) is 10.3. The number of nitrogens with zero attached hydrogens (tertiary/aromatic N) is 2. The van der Waals surface area contributed by atoms with Crippen molar-refractivity contribution in [3.63, 3.8) is 0 Å². The summed E-state index contributed by atoms with van der Waals surface area (Å²) in [5.41, 5.74) is 4.31. The number of hydrogen-bond donors (Lipinski definition) is 1. The first-order chi connectivity index (χ1) is 15.3. The number of carbonyl (C=O) groups excluding carboxylic acids is 1. The number of fused-ring (bicyclic) bond motifs is 1. The van der Waals surface area contributed by atoms with E-state index in [1.54, 1.807) is 25.5 Å². The number of H-pyrrole nitrogens is 1. The van der Waals surface area contributed by atoms with Gasteiger partial charge in [0.15, 0.2) is 4.80 Å². The van der Waals surface area contributed by atoms with Crippen LogP contribution >= 0.6 is 11.3 Å². The Hall–Kier alpha value is -3.39. The highest BCUT2D eigenvalue weighted by Crippen LogP contribution is 2.35. The monoisotopic (exact) mass is 451 g/mol. The van der Waals surface area contributed by atoms with Crippen molar-refractivity contribution in [2.45, 2.75) is 33.7 Å². The van der Waals surface area contributed by atoms with E-state index in [2.05, 4.69) is 9.98 Å². The minimum absolute atomic E-state index is 0.211. The molecule has 0 saturated carbocycles. The quantitative estimate of drug-likeness (QED) is 0.605. The number of rotatable bonds is 5. The van der Waals surface area contributed by atoms with Crippen molar-refractivity contribution in [1.82, 2.24) is 9.55 Å². The number of ether oxygens (including phenoxy) is 2. The Bertz CT molecular complexity index is 1410. The third kappa shape index (κ3) is 3.71. The molecule has 1 N–H and O–H groups in total. The molecular formula is C24H25N3O4S. The number of allylic oxidation sites excluding steroid dienone is 1. The van der Waals surface area contributed by atoms with Crippen LogP contribution in [0, 0.1) is 13.8 Å². The number of aryl methyl sites for hydroxylation is 2. The number of methoxy groups -OCH3 is 1. The van der Waals surface area contributed by atoms with E-state index in [0.29, 0.717) is 31.9 Å². The summed E-state index contributed by atoms with van der Waals surface area (Å²) in [5.74, 6) is 0.0942. The second kappa shape index (κ2) is 8.63. The zero-order chi connectivity index (χ0) is 23.0. The van der Waals surface area contributed by atoms with E-state index in [1.807, 2.05) is 50.3 Å². The zero-order valence-electron chi connectivity index (χ0n) is 18.7. The fraction of sp³-hybridized carbons (Fsp3) is 0.292. The number of carbonyl (C=O) groups is 1. The molecule has 3 heterocycles. The van der Waals surface area contributed by atoms with E-state index in [0.717, 1.165) is 17.0 Å². The maximum atomic E-state index is 13.6. The summed E-state index contributed by atoms with van der Waals surface area (Å²) in [6.07, 6.45) is 1.87. The lowest BCUT2D eigenvalue weighted by Gasteiger charge is -2.25. The van der Waals surface area contributed by atoms with E-state index in [-0.39, 0.29) is 12.2 Å². The maximum absolute atomic E-state index is 13.6. The summed E-state index contributed by atoms with van der Waals surface area (Å²) in [6.45, 7) is 7.69. The van der Waals surface area contributed by atoms with Crippen LogP contribution in [0.1, 0.15) is 42.4 Å². The van der Waals surface area contributed by atoms with Crippen LogP contribution in [0.5, 0.6) is 5.75 Å². The van der Waals surface area contributed by atoms with Gasteiger partial charge >= 0.3 is 5.97 Å². The number of benzene rings is 1. The first kappa shape index (κ1) is 21.8. The minimum Gasteiger partial charge on any atom is -0.496 e. The fourth-order valence-electron chi connectivity index (χ4n) is 4.01. The van der Waals surface area contributed by atoms with E-state index in [1.165, 1.54) is 11.3 Å². The molecule has 0 aliphatic carbocycles. The SMILES string of the molecule is CCOC(=O)C1=C(C)N=c2sc(=Cc3cc(C)[nH]c3C)c(=O)n2[C@H]1c1ccccc1OC. The number of nitrogens with one attached hydrogen (secondary N) is 1. The molecule has 1 atom stereocenters. The molecule has 7 nitrogen and oxygen atoms in total. The van der Waals surface area contributed by atoms with Crippen molar-refractivity contribution in [2.75, 3.05) is 13.7 Å². The van der Waals surface area contributed by atoms with Crippen LogP contribution in [-0.2, 0) is 9.53 Å². The molecular weight excluding hydrogens is 426 g/mol. The lowest BCUT2D eigenvalue weighted by Crippen LogP contribution is -2.40. The van der Waals surface area contributed by atoms with Crippen LogP contribution in [-0.4, -0.2) is 29.2 Å². The van der Waals surface area contributed by atoms with Crippen LogP contribution in [0.4, 0.5) is 0 Å². The van der Waals surface area contributed by atoms with Gasteiger partial charge in [-0.05, 0) is 51.5 Å². The summed E-state index contributed by atoms with van der Waals surface area (Å²) in [6, 6.07) is 8.69. The average molecular weight is 452 g/mol. The van der Waals surface area contributed by atoms with Gasteiger partial charge in [-0.2, -0.15) is 0 Å². The molecule has 3 aromatic rings. The number of aromatic nitrogens is 2. The highest BCUT2D eigenvalue weighted by molar-refractivity contribution is 7.07. The van der Waals surface area contributed by atoms with Crippen molar-refractivity contribution < 1.29 is 14.3 Å². The van der Waals surface area contributed by atoms with Crippen molar-refractivity contribution in [3.05, 3.63) is 83.8 Å². The number of hydrogen-bond acceptors (Lipinski definition) is 6. The summed E-state index contributed by atoms with van der Waals surface area (Å²) in [7, 11) is 1.57. The predicted octanol–water partition coefficient (Wildman–Crippen LogP) is 2.75. The highest BCUT2D eigenvalue weighted by atomic mass is 32.1. The summed E-state index contributed by atoms with van der Waals surface area (Å²) < 4.78 is 13.0. The molecule has 0 fully saturated rings. The highest BCUT2D eigenvalue weighted by Gasteiger charge is 2.34. The van der Waals surface area contributed by atoms with Crippen molar-refractivity contribution in [2.24, 2.45) is 4.99 Å². The fourth-order valence-corrected chi connectivity index (χ4v) is 5.05. The molecule has 166 valence electrons. The summed E-state index contributed by atoms with van der Waals surface area (Å²) in [4.78, 5) is 35.0. The second-order valence-electron chi connectivity index (χ2n) is 7.58. The predicted molar refractivity (Wildman–Crippen MR) is 124 cm³/mol. The number of esters is 1. The van der Waals surface area contributed by atoms with E-state index in [9.17, 15) is 9.59 Å². The number of para-hydroxylation sites is 1. The van der Waals surface area contributed by atoms with Crippen LogP contribution in [0.15, 0.2) is 51.4 Å². The van der Waals surface area contributed by atoms with Crippen LogP contribution < -0.4 is 19.6 Å². The van der Waals surface area contributed by atoms with Gasteiger partial charge in [-0.15, -0.1) is 0 Å². The van der Waals surface area contributed by atoms with E-state index >= 15 is 0 Å². The first-order valence-corrected chi connectivity index (χ1v) is 11.2. The van der Waals surface area contributed by atoms with Crippen LogP contribution in [0.25, 0.3) is 6.08 Å². The van der Waals surface area contributed by atoms with Gasteiger partial charge < -0.3 is 14.5 Å². The maximum Gasteiger partial charge on any atom is 0.338 e. The van der Waals surface area contributed by atoms with Crippen LogP contribution in [0.2, 0.25) is 0 Å². The van der Waals surface area contributed by atoms with E-state index in [4.69, 9.17) is 9.47 Å². The molecule has 4 rings (SSSR count). The third-order valence-electron chi connectivity index (χ3n) is 5.43. The number of thiazole rings is 1. The van der Waals surface area contributed by atoms with Gasteiger partial charge in [-0.25, -0.2) is 9.79 Å². The molecule has 32 heavy (non-hydrogen) atoms. The molecule has 0 unspecified atom stereocenters. The Labute approximate surface area is 189 Å². The average Bonchev–Trinajstić information content (AvgIpc) is 3.24. The molecule has 1 aliphatic heterocycles.